The minimum Gasteiger partial charge on any atom is -0.431 e. The predicted molar refractivity (Wildman–Crippen MR) is 134 cm³/mol. The molecule has 2 unspecified atom stereocenters. The number of amides is 2. The molecule has 2 aromatic carbocycles. The number of nitrogens with one attached hydrogen (secondary N) is 3. The summed E-state index contributed by atoms with van der Waals surface area (Å²) >= 11 is 0. The van der Waals surface area contributed by atoms with Gasteiger partial charge in [-0.25, -0.2) is 4.98 Å². The average molecular weight is 503 g/mol. The third kappa shape index (κ3) is 4.54. The van der Waals surface area contributed by atoms with Gasteiger partial charge in [0.15, 0.2) is 6.10 Å². The maximum atomic E-state index is 13.1. The van der Waals surface area contributed by atoms with E-state index in [9.17, 15) is 14.7 Å². The molecule has 37 heavy (non-hydrogen) atoms. The maximum absolute atomic E-state index is 13.1. The first-order valence-electron chi connectivity index (χ1n) is 12.7. The van der Waals surface area contributed by atoms with Gasteiger partial charge in [0, 0.05) is 17.6 Å². The van der Waals surface area contributed by atoms with Crippen LogP contribution in [0.15, 0.2) is 71.3 Å². The molecule has 0 spiro atoms. The molecule has 2 heterocycles. The van der Waals surface area contributed by atoms with Crippen LogP contribution in [0.2, 0.25) is 0 Å². The minimum atomic E-state index is -0.796. The number of aliphatic hydroxyl groups is 1. The molecule has 1 aliphatic heterocycles. The van der Waals surface area contributed by atoms with Gasteiger partial charge in [0.05, 0.1) is 17.8 Å². The molecule has 4 aliphatic rings. The van der Waals surface area contributed by atoms with Crippen LogP contribution in [0.3, 0.4) is 0 Å². The third-order valence-electron chi connectivity index (χ3n) is 8.01. The molecule has 192 valence electrons. The molecule has 1 aromatic heterocycles. The highest BCUT2D eigenvalue weighted by atomic mass is 16.5. The summed E-state index contributed by atoms with van der Waals surface area (Å²) in [4.78, 5) is 30.3. The molecule has 2 amide bonds. The first-order chi connectivity index (χ1) is 18.0. The van der Waals surface area contributed by atoms with Crippen molar-refractivity contribution in [1.29, 1.82) is 0 Å². The van der Waals surface area contributed by atoms with Crippen molar-refractivity contribution < 1.29 is 23.8 Å². The lowest BCUT2D eigenvalue weighted by molar-refractivity contribution is -0.138. The average Bonchev–Trinajstić information content (AvgIpc) is 3.62. The highest BCUT2D eigenvalue weighted by molar-refractivity contribution is 5.92. The number of carbonyl (C=O) groups is 2. The third-order valence-corrected chi connectivity index (χ3v) is 8.01. The number of nitrogens with zero attached hydrogens (tertiary/aromatic N) is 1. The first kappa shape index (κ1) is 23.8. The summed E-state index contributed by atoms with van der Waals surface area (Å²) in [5.41, 5.74) is 0.494. The Morgan fingerprint density at radius 2 is 1.68 bits per heavy atom. The van der Waals surface area contributed by atoms with E-state index in [2.05, 4.69) is 20.9 Å². The topological polar surface area (TPSA) is 126 Å². The molecule has 9 heteroatoms. The number of oxazole rings is 1. The summed E-state index contributed by atoms with van der Waals surface area (Å²) in [6.07, 6.45) is 2.48. The number of hydrogen-bond acceptors (Lipinski definition) is 7. The molecule has 7 rings (SSSR count). The van der Waals surface area contributed by atoms with E-state index in [0.29, 0.717) is 44.5 Å². The molecule has 3 aliphatic carbocycles. The van der Waals surface area contributed by atoms with E-state index < -0.39 is 29.2 Å². The molecule has 2 bridgehead atoms. The zero-order valence-corrected chi connectivity index (χ0v) is 20.4. The molecule has 0 radical (unpaired) electrons. The van der Waals surface area contributed by atoms with Gasteiger partial charge in [0.25, 0.3) is 11.8 Å². The molecule has 3 saturated carbocycles. The Balaban J connectivity index is 1.07. The summed E-state index contributed by atoms with van der Waals surface area (Å²) in [6.45, 7) is 0.423. The Morgan fingerprint density at radius 3 is 2.38 bits per heavy atom. The summed E-state index contributed by atoms with van der Waals surface area (Å²) in [6, 6.07) is 19.1. The quantitative estimate of drug-likeness (QED) is 0.408. The maximum Gasteiger partial charge on any atom is 0.289 e. The Labute approximate surface area is 214 Å². The molecule has 3 atom stereocenters. The lowest BCUT2D eigenvalue weighted by atomic mass is 9.59. The predicted octanol–water partition coefficient (Wildman–Crippen LogP) is 2.69. The highest BCUT2D eigenvalue weighted by Gasteiger charge is 2.56. The fraction of sp³-hybridized carbons (Fsp3) is 0.393. The largest absolute Gasteiger partial charge is 0.431 e. The van der Waals surface area contributed by atoms with Crippen LogP contribution in [0.4, 0.5) is 0 Å². The van der Waals surface area contributed by atoms with Gasteiger partial charge in [-0.05, 0) is 49.8 Å². The van der Waals surface area contributed by atoms with Crippen molar-refractivity contribution in [3.05, 3.63) is 78.2 Å². The molecular formula is C28H30N4O5. The van der Waals surface area contributed by atoms with Gasteiger partial charge in [-0.3, -0.25) is 14.9 Å². The lowest BCUT2D eigenvalue weighted by Gasteiger charge is -2.56. The van der Waals surface area contributed by atoms with E-state index in [1.165, 1.54) is 6.20 Å². The second-order valence-corrected chi connectivity index (χ2v) is 10.3. The van der Waals surface area contributed by atoms with E-state index in [-0.39, 0.29) is 17.9 Å². The van der Waals surface area contributed by atoms with Crippen molar-refractivity contribution in [3.63, 3.8) is 0 Å². The van der Waals surface area contributed by atoms with Crippen molar-refractivity contribution in [1.82, 2.24) is 20.9 Å². The van der Waals surface area contributed by atoms with E-state index in [0.717, 1.165) is 11.1 Å². The van der Waals surface area contributed by atoms with Crippen LogP contribution in [-0.4, -0.2) is 51.7 Å². The Bertz CT molecular complexity index is 1270. The number of rotatable bonds is 6. The monoisotopic (exact) mass is 502 g/mol. The van der Waals surface area contributed by atoms with Gasteiger partial charge in [-0.1, -0.05) is 48.5 Å². The van der Waals surface area contributed by atoms with Crippen LogP contribution >= 0.6 is 0 Å². The molecule has 3 aromatic rings. The number of ether oxygens (including phenoxy) is 1. The fourth-order valence-corrected chi connectivity index (χ4v) is 5.84. The standard InChI is InChI=1S/C28H30N4O5/c33-22-15-27(31-23(34)20-16-29-25(36-20)18-7-3-1-4-8-18)11-13-28(22,14-12-27)32-24(35)21-17-30-26(37-21)19-9-5-2-6-10-19/h1-10,17,20,22,25,29,33H,11-16H2,(H,31,34)(H,32,35)/t20?,22-,25?,27?,28?/m0/s1. The van der Waals surface area contributed by atoms with Crippen LogP contribution in [-0.2, 0) is 9.53 Å². The number of benzene rings is 2. The second-order valence-electron chi connectivity index (χ2n) is 10.3. The highest BCUT2D eigenvalue weighted by Crippen LogP contribution is 2.47. The van der Waals surface area contributed by atoms with E-state index in [4.69, 9.17) is 9.15 Å². The van der Waals surface area contributed by atoms with Crippen molar-refractivity contribution in [2.24, 2.45) is 0 Å². The molecule has 4 fully saturated rings. The van der Waals surface area contributed by atoms with Crippen molar-refractivity contribution in [2.75, 3.05) is 6.54 Å². The first-order valence-corrected chi connectivity index (χ1v) is 12.7. The molecule has 9 nitrogen and oxygen atoms in total. The fourth-order valence-electron chi connectivity index (χ4n) is 5.84. The SMILES string of the molecule is O=C(NC12CCC(NC(=O)C3CNC(c4ccccc4)O3)(CC1)C[C@@H]2O)c1cnc(-c2ccccc2)o1. The van der Waals surface area contributed by atoms with Gasteiger partial charge >= 0.3 is 0 Å². The smallest absolute Gasteiger partial charge is 0.289 e. The van der Waals surface area contributed by atoms with Crippen molar-refractivity contribution in [2.45, 2.75) is 61.6 Å². The van der Waals surface area contributed by atoms with Crippen LogP contribution in [0.25, 0.3) is 11.5 Å². The zero-order chi connectivity index (χ0) is 25.5. The Hall–Kier alpha value is -3.53. The Kier molecular flexibility index (Phi) is 6.06. The van der Waals surface area contributed by atoms with Gasteiger partial charge in [-0.2, -0.15) is 0 Å². The van der Waals surface area contributed by atoms with E-state index in [1.54, 1.807) is 0 Å². The second kappa shape index (κ2) is 9.41. The van der Waals surface area contributed by atoms with Crippen molar-refractivity contribution >= 4 is 11.8 Å². The van der Waals surface area contributed by atoms with Gasteiger partial charge in [-0.15, -0.1) is 0 Å². The van der Waals surface area contributed by atoms with Gasteiger partial charge in [0.2, 0.25) is 11.7 Å². The minimum absolute atomic E-state index is 0.106. The lowest BCUT2D eigenvalue weighted by Crippen LogP contribution is -2.70. The van der Waals surface area contributed by atoms with Gasteiger partial charge < -0.3 is 24.9 Å². The van der Waals surface area contributed by atoms with Crippen LogP contribution in [0.1, 0.15) is 54.5 Å². The summed E-state index contributed by atoms with van der Waals surface area (Å²) in [5.74, 6) is -0.0952. The molecule has 4 N–H and O–H groups in total. The van der Waals surface area contributed by atoms with Gasteiger partial charge in [0.1, 0.15) is 6.23 Å². The van der Waals surface area contributed by atoms with E-state index in [1.807, 2.05) is 60.7 Å². The number of carbonyl (C=O) groups excluding carboxylic acids is 2. The summed E-state index contributed by atoms with van der Waals surface area (Å²) < 4.78 is 11.7. The van der Waals surface area contributed by atoms with Crippen LogP contribution in [0.5, 0.6) is 0 Å². The van der Waals surface area contributed by atoms with E-state index >= 15 is 0 Å². The normalized spacial score (nSPS) is 30.7. The summed E-state index contributed by atoms with van der Waals surface area (Å²) in [7, 11) is 0. The Morgan fingerprint density at radius 1 is 0.973 bits per heavy atom. The van der Waals surface area contributed by atoms with Crippen LogP contribution < -0.4 is 16.0 Å². The summed E-state index contributed by atoms with van der Waals surface area (Å²) in [5, 5.41) is 20.6. The van der Waals surface area contributed by atoms with Crippen LogP contribution in [0, 0.1) is 0 Å². The number of hydrogen-bond donors (Lipinski definition) is 4. The molecular weight excluding hydrogens is 472 g/mol. The van der Waals surface area contributed by atoms with Crippen molar-refractivity contribution in [3.8, 4) is 11.5 Å². The number of aromatic nitrogens is 1. The molecule has 1 saturated heterocycles. The number of aliphatic hydroxyl groups excluding tert-OH is 1. The zero-order valence-electron chi connectivity index (χ0n) is 20.4. The number of fused-ring (bicyclic) bond motifs is 3.